The van der Waals surface area contributed by atoms with E-state index in [0.717, 1.165) is 22.7 Å². The van der Waals surface area contributed by atoms with E-state index in [1.54, 1.807) is 0 Å². The molecule has 2 aliphatic rings. The van der Waals surface area contributed by atoms with Gasteiger partial charge in [0.05, 0.1) is 22.1 Å². The Balaban J connectivity index is 1.05. The molecule has 11 aromatic rings. The SMILES string of the molecule is c1ccc(N(c2ccc(-n3c4ccccc4c4ccccc43)cc2)c2cc3c(cc2-c2ccc(-c4ccc5c(c4)CCCC5)cc2)-c2ccccc2C3(c2ccccc2)c2ccccc2)cc1. The number of hydrogen-bond donors (Lipinski definition) is 0. The van der Waals surface area contributed by atoms with Crippen molar-refractivity contribution in [2.45, 2.75) is 31.1 Å². The first kappa shape index (κ1) is 39.2. The van der Waals surface area contributed by atoms with Crippen molar-refractivity contribution in [1.82, 2.24) is 4.57 Å². The van der Waals surface area contributed by atoms with Crippen molar-refractivity contribution in [3.63, 3.8) is 0 Å². The van der Waals surface area contributed by atoms with Crippen LogP contribution < -0.4 is 4.90 Å². The number of anilines is 3. The first-order valence-corrected chi connectivity index (χ1v) is 23.8. The summed E-state index contributed by atoms with van der Waals surface area (Å²) in [6, 6.07) is 90.4. The first-order chi connectivity index (χ1) is 33.2. The summed E-state index contributed by atoms with van der Waals surface area (Å²) in [7, 11) is 0. The summed E-state index contributed by atoms with van der Waals surface area (Å²) in [5, 5.41) is 2.52. The van der Waals surface area contributed by atoms with Crippen molar-refractivity contribution >= 4 is 38.9 Å². The molecule has 2 aliphatic carbocycles. The quantitative estimate of drug-likeness (QED) is 0.148. The summed E-state index contributed by atoms with van der Waals surface area (Å²) in [5.74, 6) is 0. The zero-order chi connectivity index (χ0) is 44.3. The van der Waals surface area contributed by atoms with Crippen LogP contribution in [-0.2, 0) is 18.3 Å². The molecule has 0 saturated heterocycles. The normalized spacial score (nSPS) is 13.6. The minimum atomic E-state index is -0.555. The maximum Gasteiger partial charge on any atom is 0.0714 e. The maximum atomic E-state index is 2.52. The van der Waals surface area contributed by atoms with Crippen LogP contribution in [-0.4, -0.2) is 4.57 Å². The number of hydrogen-bond acceptors (Lipinski definition) is 1. The Morgan fingerprint density at radius 1 is 0.358 bits per heavy atom. The first-order valence-electron chi connectivity index (χ1n) is 23.8. The second-order valence-electron chi connectivity index (χ2n) is 18.3. The Kier molecular flexibility index (Phi) is 9.39. The van der Waals surface area contributed by atoms with Crippen LogP contribution in [0.5, 0.6) is 0 Å². The van der Waals surface area contributed by atoms with E-state index in [2.05, 4.69) is 252 Å². The molecule has 0 unspecified atom stereocenters. The van der Waals surface area contributed by atoms with E-state index in [9.17, 15) is 0 Å². The molecule has 2 heteroatoms. The highest BCUT2D eigenvalue weighted by molar-refractivity contribution is 6.09. The summed E-state index contributed by atoms with van der Waals surface area (Å²) in [6.07, 6.45) is 4.92. The second kappa shape index (κ2) is 16.0. The Morgan fingerprint density at radius 3 is 1.57 bits per heavy atom. The van der Waals surface area contributed by atoms with Crippen LogP contribution in [0.1, 0.15) is 46.2 Å². The predicted octanol–water partition coefficient (Wildman–Crippen LogP) is 16.8. The van der Waals surface area contributed by atoms with E-state index in [0.29, 0.717) is 0 Å². The van der Waals surface area contributed by atoms with Gasteiger partial charge in [-0.15, -0.1) is 0 Å². The lowest BCUT2D eigenvalue weighted by molar-refractivity contribution is 0.686. The molecule has 0 fully saturated rings. The molecule has 0 atom stereocenters. The van der Waals surface area contributed by atoms with E-state index < -0.39 is 5.41 Å². The fourth-order valence-electron chi connectivity index (χ4n) is 11.6. The molecule has 0 aliphatic heterocycles. The molecule has 0 radical (unpaired) electrons. The van der Waals surface area contributed by atoms with Gasteiger partial charge >= 0.3 is 0 Å². The topological polar surface area (TPSA) is 8.17 Å². The highest BCUT2D eigenvalue weighted by Crippen LogP contribution is 2.59. The van der Waals surface area contributed by atoms with Crippen LogP contribution in [0.15, 0.2) is 243 Å². The van der Waals surface area contributed by atoms with Gasteiger partial charge in [0.25, 0.3) is 0 Å². The minimum absolute atomic E-state index is 0.555. The molecule has 1 heterocycles. The zero-order valence-electron chi connectivity index (χ0n) is 37.3. The smallest absolute Gasteiger partial charge is 0.0714 e. The molecule has 0 saturated carbocycles. The summed E-state index contributed by atoms with van der Waals surface area (Å²) < 4.78 is 2.40. The predicted molar refractivity (Wildman–Crippen MR) is 280 cm³/mol. The Bertz CT molecular complexity index is 3510. The molecule has 1 aromatic heterocycles. The Hall–Kier alpha value is -8.20. The molecule has 0 spiro atoms. The molecule has 0 N–H and O–H groups in total. The molecule has 13 rings (SSSR count). The lowest BCUT2D eigenvalue weighted by Gasteiger charge is -2.35. The third-order valence-corrected chi connectivity index (χ3v) is 14.7. The monoisotopic (exact) mass is 856 g/mol. The third-order valence-electron chi connectivity index (χ3n) is 14.7. The fourth-order valence-corrected chi connectivity index (χ4v) is 11.6. The van der Waals surface area contributed by atoms with Gasteiger partial charge in [0.15, 0.2) is 0 Å². The van der Waals surface area contributed by atoms with E-state index in [-0.39, 0.29) is 0 Å². The molecular formula is C65H48N2. The van der Waals surface area contributed by atoms with Crippen LogP contribution in [0.4, 0.5) is 17.1 Å². The molecule has 10 aromatic carbocycles. The Morgan fingerprint density at radius 2 is 0.896 bits per heavy atom. The largest absolute Gasteiger partial charge is 0.310 e. The maximum absolute atomic E-state index is 2.52. The van der Waals surface area contributed by atoms with Gasteiger partial charge in [-0.3, -0.25) is 0 Å². The van der Waals surface area contributed by atoms with E-state index in [1.807, 2.05) is 0 Å². The van der Waals surface area contributed by atoms with Crippen molar-refractivity contribution in [3.05, 3.63) is 276 Å². The van der Waals surface area contributed by atoms with Crippen molar-refractivity contribution in [1.29, 1.82) is 0 Å². The number of nitrogens with zero attached hydrogens (tertiary/aromatic N) is 2. The van der Waals surface area contributed by atoms with E-state index >= 15 is 0 Å². The van der Waals surface area contributed by atoms with E-state index in [4.69, 9.17) is 0 Å². The average molecular weight is 857 g/mol. The number of para-hydroxylation sites is 3. The molecule has 318 valence electrons. The lowest BCUT2D eigenvalue weighted by Crippen LogP contribution is -2.28. The van der Waals surface area contributed by atoms with Crippen molar-refractivity contribution in [2.75, 3.05) is 4.90 Å². The molecule has 67 heavy (non-hydrogen) atoms. The number of fused-ring (bicyclic) bond motifs is 7. The highest BCUT2D eigenvalue weighted by Gasteiger charge is 2.47. The summed E-state index contributed by atoms with van der Waals surface area (Å²) in [5.41, 5.74) is 21.8. The number of rotatable bonds is 8. The van der Waals surface area contributed by atoms with Crippen LogP contribution in [0.3, 0.4) is 0 Å². The highest BCUT2D eigenvalue weighted by atomic mass is 15.1. The minimum Gasteiger partial charge on any atom is -0.310 e. The van der Waals surface area contributed by atoms with Gasteiger partial charge in [-0.05, 0) is 148 Å². The van der Waals surface area contributed by atoms with Crippen LogP contribution in [0.25, 0.3) is 60.9 Å². The number of aromatic nitrogens is 1. The Labute approximate surface area is 392 Å². The van der Waals surface area contributed by atoms with E-state index in [1.165, 1.54) is 114 Å². The standard InChI is InChI=1S/C65H48N2/c1-4-20-50(21-5-1)65(51-22-6-2-7-23-51)60-29-15-12-26-55(60)59-43-58(47-35-32-46(33-36-47)49-37-34-45-18-10-11-19-48(45)42-49)64(44-61(59)65)66(52-24-8-3-9-25-52)53-38-40-54(41-39-53)67-62-30-16-13-27-56(62)57-28-14-17-31-63(57)67/h1-9,12-17,20-44H,10-11,18-19H2. The molecule has 0 bridgehead atoms. The van der Waals surface area contributed by atoms with Crippen LogP contribution in [0, 0.1) is 0 Å². The van der Waals surface area contributed by atoms with Gasteiger partial charge in [-0.2, -0.15) is 0 Å². The third kappa shape index (κ3) is 6.32. The number of aryl methyl sites for hydroxylation is 2. The van der Waals surface area contributed by atoms with Crippen LogP contribution >= 0.6 is 0 Å². The zero-order valence-corrected chi connectivity index (χ0v) is 37.3. The van der Waals surface area contributed by atoms with Crippen molar-refractivity contribution in [3.8, 4) is 39.1 Å². The summed E-state index contributed by atoms with van der Waals surface area (Å²) in [6.45, 7) is 0. The van der Waals surface area contributed by atoms with Gasteiger partial charge in [-0.1, -0.05) is 182 Å². The van der Waals surface area contributed by atoms with Gasteiger partial charge in [-0.25, -0.2) is 0 Å². The van der Waals surface area contributed by atoms with Gasteiger partial charge < -0.3 is 9.47 Å². The average Bonchev–Trinajstić information content (AvgIpc) is 3.90. The summed E-state index contributed by atoms with van der Waals surface area (Å²) >= 11 is 0. The molecular weight excluding hydrogens is 809 g/mol. The lowest BCUT2D eigenvalue weighted by atomic mass is 9.67. The van der Waals surface area contributed by atoms with Crippen molar-refractivity contribution < 1.29 is 0 Å². The van der Waals surface area contributed by atoms with Crippen LogP contribution in [0.2, 0.25) is 0 Å². The second-order valence-corrected chi connectivity index (χ2v) is 18.3. The number of benzene rings is 10. The molecule has 0 amide bonds. The summed E-state index contributed by atoms with van der Waals surface area (Å²) in [4.78, 5) is 2.48. The van der Waals surface area contributed by atoms with Gasteiger partial charge in [0, 0.05) is 33.4 Å². The molecule has 2 nitrogen and oxygen atoms in total. The fraction of sp³-hybridized carbons (Fsp3) is 0.0769. The van der Waals surface area contributed by atoms with Gasteiger partial charge in [0.1, 0.15) is 0 Å². The van der Waals surface area contributed by atoms with Gasteiger partial charge in [0.2, 0.25) is 0 Å². The van der Waals surface area contributed by atoms with Crippen molar-refractivity contribution in [2.24, 2.45) is 0 Å².